The summed E-state index contributed by atoms with van der Waals surface area (Å²) in [5.74, 6) is 0.0646. The lowest BCUT2D eigenvalue weighted by molar-refractivity contribution is 0.103. The van der Waals surface area contributed by atoms with Gasteiger partial charge in [0.15, 0.2) is 5.78 Å². The highest BCUT2D eigenvalue weighted by Gasteiger charge is 2.12. The molecular weight excluding hydrogens is 302 g/mol. The van der Waals surface area contributed by atoms with Crippen molar-refractivity contribution >= 4 is 21.7 Å². The van der Waals surface area contributed by atoms with Gasteiger partial charge < -0.3 is 5.32 Å². The van der Waals surface area contributed by atoms with Crippen LogP contribution >= 0.6 is 15.9 Å². The Hall–Kier alpha value is -1.45. The molecule has 2 aromatic rings. The molecule has 0 amide bonds. The Kier molecular flexibility index (Phi) is 4.51. The van der Waals surface area contributed by atoms with E-state index in [4.69, 9.17) is 0 Å². The molecule has 2 nitrogen and oxygen atoms in total. The van der Waals surface area contributed by atoms with Crippen molar-refractivity contribution < 1.29 is 4.79 Å². The van der Waals surface area contributed by atoms with Gasteiger partial charge in [-0.1, -0.05) is 46.3 Å². The number of carbonyl (C=O) groups is 1. The molecule has 2 rings (SSSR count). The fourth-order valence-electron chi connectivity index (χ4n) is 1.97. The van der Waals surface area contributed by atoms with E-state index in [-0.39, 0.29) is 5.78 Å². The first-order chi connectivity index (χ1) is 9.11. The number of benzene rings is 2. The summed E-state index contributed by atoms with van der Waals surface area (Å²) in [6, 6.07) is 13.5. The van der Waals surface area contributed by atoms with Crippen molar-refractivity contribution in [3.63, 3.8) is 0 Å². The number of hydrogen-bond donors (Lipinski definition) is 1. The van der Waals surface area contributed by atoms with Crippen molar-refractivity contribution in [2.24, 2.45) is 0 Å². The molecule has 0 saturated heterocycles. The molecule has 98 valence electrons. The summed E-state index contributed by atoms with van der Waals surface area (Å²) in [6.07, 6.45) is 0. The molecular formula is C16H16BrNO. The van der Waals surface area contributed by atoms with Crippen molar-refractivity contribution in [1.82, 2.24) is 5.32 Å². The van der Waals surface area contributed by atoms with E-state index in [0.717, 1.165) is 27.7 Å². The van der Waals surface area contributed by atoms with Crippen LogP contribution < -0.4 is 5.32 Å². The van der Waals surface area contributed by atoms with Crippen molar-refractivity contribution in [3.8, 4) is 0 Å². The molecule has 0 aliphatic heterocycles. The highest BCUT2D eigenvalue weighted by molar-refractivity contribution is 9.10. The number of aryl methyl sites for hydroxylation is 1. The molecule has 0 atom stereocenters. The SMILES string of the molecule is CNCc1ccc(C(=O)c2cc(Br)ccc2C)cc1. The molecule has 2 aromatic carbocycles. The maximum atomic E-state index is 12.5. The topological polar surface area (TPSA) is 29.1 Å². The van der Waals surface area contributed by atoms with E-state index in [1.165, 1.54) is 5.56 Å². The molecule has 19 heavy (non-hydrogen) atoms. The fourth-order valence-corrected chi connectivity index (χ4v) is 2.33. The molecule has 0 radical (unpaired) electrons. The van der Waals surface area contributed by atoms with Crippen molar-refractivity contribution in [2.45, 2.75) is 13.5 Å². The largest absolute Gasteiger partial charge is 0.316 e. The van der Waals surface area contributed by atoms with Gasteiger partial charge in [0, 0.05) is 22.1 Å². The van der Waals surface area contributed by atoms with E-state index in [1.807, 2.05) is 56.4 Å². The van der Waals surface area contributed by atoms with Gasteiger partial charge in [0.05, 0.1) is 0 Å². The van der Waals surface area contributed by atoms with Gasteiger partial charge in [0.1, 0.15) is 0 Å². The summed E-state index contributed by atoms with van der Waals surface area (Å²) >= 11 is 3.41. The van der Waals surface area contributed by atoms with Gasteiger partial charge in [-0.15, -0.1) is 0 Å². The van der Waals surface area contributed by atoms with Crippen LogP contribution in [0.4, 0.5) is 0 Å². The third-order valence-corrected chi connectivity index (χ3v) is 3.53. The predicted molar refractivity (Wildman–Crippen MR) is 81.5 cm³/mol. The van der Waals surface area contributed by atoms with Crippen LogP contribution in [0.2, 0.25) is 0 Å². The average molecular weight is 318 g/mol. The second-order valence-corrected chi connectivity index (χ2v) is 5.43. The Labute approximate surface area is 122 Å². The minimum absolute atomic E-state index is 0.0646. The summed E-state index contributed by atoms with van der Waals surface area (Å²) in [4.78, 5) is 12.5. The van der Waals surface area contributed by atoms with E-state index in [9.17, 15) is 4.79 Å². The summed E-state index contributed by atoms with van der Waals surface area (Å²) in [5.41, 5.74) is 3.63. The maximum absolute atomic E-state index is 12.5. The lowest BCUT2D eigenvalue weighted by Crippen LogP contribution is -2.07. The summed E-state index contributed by atoms with van der Waals surface area (Å²) < 4.78 is 0.924. The Balaban J connectivity index is 2.30. The van der Waals surface area contributed by atoms with Crippen LogP contribution in [0.1, 0.15) is 27.0 Å². The zero-order valence-electron chi connectivity index (χ0n) is 11.0. The molecule has 1 N–H and O–H groups in total. The van der Waals surface area contributed by atoms with Crippen LogP contribution in [0, 0.1) is 6.92 Å². The summed E-state index contributed by atoms with van der Waals surface area (Å²) in [6.45, 7) is 2.76. The molecule has 0 aromatic heterocycles. The number of halogens is 1. The van der Waals surface area contributed by atoms with Crippen molar-refractivity contribution in [1.29, 1.82) is 0 Å². The number of carbonyl (C=O) groups excluding carboxylic acids is 1. The lowest BCUT2D eigenvalue weighted by Gasteiger charge is -2.07. The molecule has 0 spiro atoms. The molecule has 0 unspecified atom stereocenters. The number of hydrogen-bond acceptors (Lipinski definition) is 2. The highest BCUT2D eigenvalue weighted by Crippen LogP contribution is 2.19. The fraction of sp³-hybridized carbons (Fsp3) is 0.188. The molecule has 0 fully saturated rings. The van der Waals surface area contributed by atoms with Crippen LogP contribution in [0.3, 0.4) is 0 Å². The molecule has 0 heterocycles. The first kappa shape index (κ1) is 14.0. The van der Waals surface area contributed by atoms with E-state index in [2.05, 4.69) is 21.2 Å². The first-order valence-electron chi connectivity index (χ1n) is 6.16. The molecule has 0 bridgehead atoms. The van der Waals surface area contributed by atoms with E-state index in [1.54, 1.807) is 0 Å². The third kappa shape index (κ3) is 3.31. The van der Waals surface area contributed by atoms with Crippen LogP contribution in [-0.4, -0.2) is 12.8 Å². The zero-order valence-corrected chi connectivity index (χ0v) is 12.6. The monoisotopic (exact) mass is 317 g/mol. The summed E-state index contributed by atoms with van der Waals surface area (Å²) in [5, 5.41) is 3.09. The van der Waals surface area contributed by atoms with Gasteiger partial charge in [-0.2, -0.15) is 0 Å². The highest BCUT2D eigenvalue weighted by atomic mass is 79.9. The van der Waals surface area contributed by atoms with Gasteiger partial charge in [-0.3, -0.25) is 4.79 Å². The standard InChI is InChI=1S/C16H16BrNO/c1-11-3-8-14(17)9-15(11)16(19)13-6-4-12(5-7-13)10-18-2/h3-9,18H,10H2,1-2H3. The predicted octanol–water partition coefficient (Wildman–Crippen LogP) is 3.71. The average Bonchev–Trinajstić information content (AvgIpc) is 2.42. The normalized spacial score (nSPS) is 10.5. The van der Waals surface area contributed by atoms with Gasteiger partial charge in [0.2, 0.25) is 0 Å². The molecule has 0 aliphatic carbocycles. The summed E-state index contributed by atoms with van der Waals surface area (Å²) in [7, 11) is 1.91. The van der Waals surface area contributed by atoms with Gasteiger partial charge in [-0.05, 0) is 37.2 Å². The second-order valence-electron chi connectivity index (χ2n) is 4.52. The quantitative estimate of drug-likeness (QED) is 0.871. The van der Waals surface area contributed by atoms with E-state index >= 15 is 0 Å². The van der Waals surface area contributed by atoms with E-state index in [0.29, 0.717) is 0 Å². The van der Waals surface area contributed by atoms with Crippen molar-refractivity contribution in [3.05, 3.63) is 69.2 Å². The van der Waals surface area contributed by atoms with Crippen LogP contribution in [0.25, 0.3) is 0 Å². The Bertz CT molecular complexity index is 590. The third-order valence-electron chi connectivity index (χ3n) is 3.04. The minimum atomic E-state index is 0.0646. The van der Waals surface area contributed by atoms with Gasteiger partial charge in [0.25, 0.3) is 0 Å². The van der Waals surface area contributed by atoms with Crippen molar-refractivity contribution in [2.75, 3.05) is 7.05 Å². The number of nitrogens with one attached hydrogen (secondary N) is 1. The first-order valence-corrected chi connectivity index (χ1v) is 6.95. The zero-order chi connectivity index (χ0) is 13.8. The minimum Gasteiger partial charge on any atom is -0.316 e. The molecule has 3 heteroatoms. The number of rotatable bonds is 4. The van der Waals surface area contributed by atoms with E-state index < -0.39 is 0 Å². The van der Waals surface area contributed by atoms with Gasteiger partial charge >= 0.3 is 0 Å². The maximum Gasteiger partial charge on any atom is 0.193 e. The van der Waals surface area contributed by atoms with Crippen LogP contribution in [-0.2, 0) is 6.54 Å². The Morgan fingerprint density at radius 3 is 2.47 bits per heavy atom. The smallest absolute Gasteiger partial charge is 0.193 e. The molecule has 0 aliphatic rings. The second kappa shape index (κ2) is 6.13. The van der Waals surface area contributed by atoms with Gasteiger partial charge in [-0.25, -0.2) is 0 Å². The Morgan fingerprint density at radius 1 is 1.16 bits per heavy atom. The number of ketones is 1. The van der Waals surface area contributed by atoms with Crippen LogP contribution in [0.15, 0.2) is 46.9 Å². The molecule has 0 saturated carbocycles. The lowest BCUT2D eigenvalue weighted by atomic mass is 9.98. The van der Waals surface area contributed by atoms with Crippen LogP contribution in [0.5, 0.6) is 0 Å². The Morgan fingerprint density at radius 2 is 1.84 bits per heavy atom.